The van der Waals surface area contributed by atoms with Crippen molar-refractivity contribution in [3.8, 4) is 0 Å². The Hall–Kier alpha value is -2.21. The zero-order valence-corrected chi connectivity index (χ0v) is 12.5. The van der Waals surface area contributed by atoms with Crippen molar-refractivity contribution in [2.24, 2.45) is 5.73 Å². The number of nitrogens with one attached hydrogen (secondary N) is 1. The Kier molecular flexibility index (Phi) is 4.48. The normalized spacial score (nSPS) is 19.2. The van der Waals surface area contributed by atoms with E-state index in [1.54, 1.807) is 6.07 Å². The van der Waals surface area contributed by atoms with Gasteiger partial charge in [-0.1, -0.05) is 6.07 Å². The van der Waals surface area contributed by atoms with Gasteiger partial charge in [0.1, 0.15) is 5.69 Å². The van der Waals surface area contributed by atoms with Crippen molar-refractivity contribution in [2.45, 2.75) is 25.2 Å². The van der Waals surface area contributed by atoms with E-state index >= 15 is 0 Å². The average Bonchev–Trinajstić information content (AvgIpc) is 3.05. The van der Waals surface area contributed by atoms with Crippen molar-refractivity contribution in [3.63, 3.8) is 0 Å². The molecule has 1 aliphatic rings. The van der Waals surface area contributed by atoms with Crippen LogP contribution in [0.2, 0.25) is 0 Å². The van der Waals surface area contributed by atoms with Crippen LogP contribution < -0.4 is 5.73 Å². The van der Waals surface area contributed by atoms with Gasteiger partial charge in [0.05, 0.1) is 0 Å². The first-order valence-corrected chi connectivity index (χ1v) is 7.70. The number of pyridine rings is 1. The van der Waals surface area contributed by atoms with Crippen LogP contribution in [0.4, 0.5) is 0 Å². The van der Waals surface area contributed by atoms with Crippen LogP contribution >= 0.6 is 0 Å². The van der Waals surface area contributed by atoms with Gasteiger partial charge < -0.3 is 10.6 Å². The van der Waals surface area contributed by atoms with Crippen LogP contribution in [0.1, 0.15) is 40.6 Å². The van der Waals surface area contributed by atoms with E-state index in [0.717, 1.165) is 50.3 Å². The van der Waals surface area contributed by atoms with Crippen LogP contribution in [0.25, 0.3) is 0 Å². The molecule has 6 nitrogen and oxygen atoms in total. The third kappa shape index (κ3) is 3.51. The Labute approximate surface area is 129 Å². The molecule has 1 aliphatic heterocycles. The number of amides is 1. The molecular formula is C16H21N5O. The number of carbonyl (C=O) groups is 1. The number of carbonyl (C=O) groups excluding carboxylic acids is 1. The van der Waals surface area contributed by atoms with Gasteiger partial charge in [-0.05, 0) is 37.6 Å². The van der Waals surface area contributed by atoms with Crippen molar-refractivity contribution in [3.05, 3.63) is 47.5 Å². The SMILES string of the molecule is NC(=O)c1cc([C@@H]2CCCN(CCc3ccccn3)C2)[nH]n1. The molecule has 0 bridgehead atoms. The smallest absolute Gasteiger partial charge is 0.269 e. The molecule has 0 aliphatic carbocycles. The summed E-state index contributed by atoms with van der Waals surface area (Å²) in [5.41, 5.74) is 7.71. The predicted molar refractivity (Wildman–Crippen MR) is 83.5 cm³/mol. The second-order valence-corrected chi connectivity index (χ2v) is 5.78. The van der Waals surface area contributed by atoms with Gasteiger partial charge in [0.15, 0.2) is 0 Å². The number of hydrogen-bond donors (Lipinski definition) is 2. The fraction of sp³-hybridized carbons (Fsp3) is 0.438. The molecule has 2 aromatic rings. The number of hydrogen-bond acceptors (Lipinski definition) is 4. The number of piperidine rings is 1. The lowest BCUT2D eigenvalue weighted by Gasteiger charge is -2.32. The van der Waals surface area contributed by atoms with Gasteiger partial charge in [-0.2, -0.15) is 5.10 Å². The van der Waals surface area contributed by atoms with E-state index in [9.17, 15) is 4.79 Å². The molecule has 1 fully saturated rings. The van der Waals surface area contributed by atoms with Crippen LogP contribution in [0.3, 0.4) is 0 Å². The highest BCUT2D eigenvalue weighted by Gasteiger charge is 2.23. The fourth-order valence-electron chi connectivity index (χ4n) is 3.00. The lowest BCUT2D eigenvalue weighted by molar-refractivity contribution is 0.0995. The third-order valence-electron chi connectivity index (χ3n) is 4.21. The summed E-state index contributed by atoms with van der Waals surface area (Å²) in [6.45, 7) is 3.09. The first kappa shape index (κ1) is 14.7. The Bertz CT molecular complexity index is 624. The number of rotatable bonds is 5. The van der Waals surface area contributed by atoms with Gasteiger partial charge in [0.25, 0.3) is 5.91 Å². The highest BCUT2D eigenvalue weighted by Crippen LogP contribution is 2.25. The van der Waals surface area contributed by atoms with Crippen molar-refractivity contribution in [1.29, 1.82) is 0 Å². The zero-order chi connectivity index (χ0) is 15.4. The van der Waals surface area contributed by atoms with Crippen molar-refractivity contribution in [2.75, 3.05) is 19.6 Å². The molecule has 1 atom stereocenters. The minimum absolute atomic E-state index is 0.320. The Morgan fingerprint density at radius 1 is 1.45 bits per heavy atom. The molecule has 2 aromatic heterocycles. The lowest BCUT2D eigenvalue weighted by atomic mass is 9.94. The van der Waals surface area contributed by atoms with E-state index in [1.807, 2.05) is 18.3 Å². The Balaban J connectivity index is 1.58. The molecule has 1 amide bonds. The van der Waals surface area contributed by atoms with Crippen LogP contribution in [0.15, 0.2) is 30.5 Å². The summed E-state index contributed by atoms with van der Waals surface area (Å²) in [6.07, 6.45) is 5.06. The number of nitrogens with zero attached hydrogens (tertiary/aromatic N) is 3. The molecule has 0 spiro atoms. The van der Waals surface area contributed by atoms with Crippen LogP contribution in [0, 0.1) is 0 Å². The van der Waals surface area contributed by atoms with Gasteiger partial charge in [0, 0.05) is 43.0 Å². The van der Waals surface area contributed by atoms with E-state index in [2.05, 4.69) is 26.1 Å². The summed E-state index contributed by atoms with van der Waals surface area (Å²) < 4.78 is 0. The molecule has 22 heavy (non-hydrogen) atoms. The predicted octanol–water partition coefficient (Wildman–Crippen LogP) is 1.33. The maximum Gasteiger partial charge on any atom is 0.269 e. The molecule has 1 saturated heterocycles. The van der Waals surface area contributed by atoms with Crippen LogP contribution in [-0.2, 0) is 6.42 Å². The maximum atomic E-state index is 11.1. The summed E-state index contributed by atoms with van der Waals surface area (Å²) in [4.78, 5) is 18.0. The van der Waals surface area contributed by atoms with Gasteiger partial charge in [0.2, 0.25) is 0 Å². The van der Waals surface area contributed by atoms with Crippen molar-refractivity contribution >= 4 is 5.91 Å². The first-order valence-electron chi connectivity index (χ1n) is 7.70. The molecule has 0 unspecified atom stereocenters. The van der Waals surface area contributed by atoms with E-state index in [-0.39, 0.29) is 0 Å². The van der Waals surface area contributed by atoms with E-state index in [1.165, 1.54) is 0 Å². The minimum Gasteiger partial charge on any atom is -0.364 e. The molecule has 0 saturated carbocycles. The second-order valence-electron chi connectivity index (χ2n) is 5.78. The first-order chi connectivity index (χ1) is 10.7. The van der Waals surface area contributed by atoms with Gasteiger partial charge in [-0.3, -0.25) is 14.9 Å². The fourth-order valence-corrected chi connectivity index (χ4v) is 3.00. The maximum absolute atomic E-state index is 11.1. The highest BCUT2D eigenvalue weighted by atomic mass is 16.1. The molecule has 3 N–H and O–H groups in total. The lowest BCUT2D eigenvalue weighted by Crippen LogP contribution is -2.36. The molecule has 6 heteroatoms. The second kappa shape index (κ2) is 6.70. The van der Waals surface area contributed by atoms with Crippen LogP contribution in [-0.4, -0.2) is 45.6 Å². The monoisotopic (exact) mass is 299 g/mol. The molecule has 3 heterocycles. The van der Waals surface area contributed by atoms with Crippen LogP contribution in [0.5, 0.6) is 0 Å². The number of aromatic nitrogens is 3. The summed E-state index contributed by atoms with van der Waals surface area (Å²) >= 11 is 0. The van der Waals surface area contributed by atoms with E-state index < -0.39 is 5.91 Å². The van der Waals surface area contributed by atoms with Crippen molar-refractivity contribution in [1.82, 2.24) is 20.1 Å². The van der Waals surface area contributed by atoms with Crippen molar-refractivity contribution < 1.29 is 4.79 Å². The molecule has 3 rings (SSSR count). The number of nitrogens with two attached hydrogens (primary N) is 1. The number of likely N-dealkylation sites (tertiary alicyclic amines) is 1. The number of aromatic amines is 1. The molecule has 116 valence electrons. The quantitative estimate of drug-likeness (QED) is 0.871. The molecule has 0 aromatic carbocycles. The average molecular weight is 299 g/mol. The zero-order valence-electron chi connectivity index (χ0n) is 12.5. The Morgan fingerprint density at radius 2 is 2.36 bits per heavy atom. The van der Waals surface area contributed by atoms with Gasteiger partial charge in [-0.25, -0.2) is 0 Å². The summed E-state index contributed by atoms with van der Waals surface area (Å²) in [5, 5.41) is 6.94. The minimum atomic E-state index is -0.481. The van der Waals surface area contributed by atoms with Gasteiger partial charge >= 0.3 is 0 Å². The summed E-state index contributed by atoms with van der Waals surface area (Å²) in [6, 6.07) is 7.82. The molecule has 0 radical (unpaired) electrons. The Morgan fingerprint density at radius 3 is 3.09 bits per heavy atom. The van der Waals surface area contributed by atoms with E-state index in [0.29, 0.717) is 11.6 Å². The topological polar surface area (TPSA) is 87.9 Å². The summed E-state index contributed by atoms with van der Waals surface area (Å²) in [7, 11) is 0. The van der Waals surface area contributed by atoms with E-state index in [4.69, 9.17) is 5.73 Å². The highest BCUT2D eigenvalue weighted by molar-refractivity contribution is 5.90. The third-order valence-corrected chi connectivity index (χ3v) is 4.21. The largest absolute Gasteiger partial charge is 0.364 e. The van der Waals surface area contributed by atoms with Gasteiger partial charge in [-0.15, -0.1) is 0 Å². The molecular weight excluding hydrogens is 278 g/mol. The number of H-pyrrole nitrogens is 1. The standard InChI is InChI=1S/C16H21N5O/c17-16(22)15-10-14(19-20-15)12-4-3-8-21(11-12)9-6-13-5-1-2-7-18-13/h1-2,5,7,10,12H,3-4,6,8-9,11H2,(H2,17,22)(H,19,20)/t12-/m1/s1. The summed E-state index contributed by atoms with van der Waals surface area (Å²) in [5.74, 6) is -0.0941. The number of primary amides is 1.